The standard InChI is InChI=1S/C12H26O4.C7H3F5O2/c1-3-5-13-7-9-15-11-12-16-10-8-14-6-4-2;8-2-3(9)5(11)7(14-1-13)6(12)4(2)10/h3-12H2,1-2H3;13H,1H2. The Bertz CT molecular complexity index is 534. The van der Waals surface area contributed by atoms with E-state index in [4.69, 9.17) is 24.1 Å². The van der Waals surface area contributed by atoms with Crippen LogP contribution >= 0.6 is 0 Å². The van der Waals surface area contributed by atoms with E-state index in [1.165, 1.54) is 0 Å². The third kappa shape index (κ3) is 11.6. The van der Waals surface area contributed by atoms with Crippen molar-refractivity contribution in [3.8, 4) is 5.75 Å². The van der Waals surface area contributed by atoms with Gasteiger partial charge in [-0.1, -0.05) is 13.8 Å². The summed E-state index contributed by atoms with van der Waals surface area (Å²) in [6, 6.07) is 0. The number of hydrogen-bond acceptors (Lipinski definition) is 6. The quantitative estimate of drug-likeness (QED) is 0.146. The molecule has 1 aromatic carbocycles. The van der Waals surface area contributed by atoms with Crippen LogP contribution in [0.3, 0.4) is 0 Å². The fraction of sp³-hybridized carbons (Fsp3) is 0.684. The smallest absolute Gasteiger partial charge is 0.207 e. The summed E-state index contributed by atoms with van der Waals surface area (Å²) < 4.78 is 87.5. The number of hydrogen-bond donors (Lipinski definition) is 1. The van der Waals surface area contributed by atoms with Gasteiger partial charge in [-0.15, -0.1) is 0 Å². The lowest BCUT2D eigenvalue weighted by Crippen LogP contribution is -2.12. The first-order chi connectivity index (χ1) is 14.4. The molecule has 0 spiro atoms. The molecule has 0 aliphatic rings. The molecule has 0 saturated carbocycles. The topological polar surface area (TPSA) is 66.4 Å². The summed E-state index contributed by atoms with van der Waals surface area (Å²) >= 11 is 0. The Morgan fingerprint density at radius 2 is 0.833 bits per heavy atom. The maximum atomic E-state index is 12.6. The van der Waals surface area contributed by atoms with Gasteiger partial charge < -0.3 is 28.8 Å². The van der Waals surface area contributed by atoms with Crippen LogP contribution in [0, 0.1) is 29.1 Å². The Kier molecular flexibility index (Phi) is 17.3. The molecular formula is C19H29F5O6. The van der Waals surface area contributed by atoms with Crippen LogP contribution in [-0.2, 0) is 18.9 Å². The molecule has 1 aromatic rings. The molecule has 0 aliphatic carbocycles. The predicted octanol–water partition coefficient (Wildman–Crippen LogP) is 3.58. The monoisotopic (exact) mass is 448 g/mol. The number of aliphatic hydroxyl groups excluding tert-OH is 1. The molecule has 6 nitrogen and oxygen atoms in total. The van der Waals surface area contributed by atoms with Gasteiger partial charge >= 0.3 is 0 Å². The largest absolute Gasteiger partial charge is 0.461 e. The lowest BCUT2D eigenvalue weighted by atomic mass is 10.3. The van der Waals surface area contributed by atoms with Crippen molar-refractivity contribution in [3.63, 3.8) is 0 Å². The zero-order valence-electron chi connectivity index (χ0n) is 17.2. The van der Waals surface area contributed by atoms with Crippen LogP contribution in [0.2, 0.25) is 0 Å². The molecule has 0 unspecified atom stereocenters. The van der Waals surface area contributed by atoms with Gasteiger partial charge in [0.2, 0.25) is 29.1 Å². The highest BCUT2D eigenvalue weighted by Gasteiger charge is 2.26. The maximum Gasteiger partial charge on any atom is 0.207 e. The van der Waals surface area contributed by atoms with Gasteiger partial charge in [0, 0.05) is 13.2 Å². The highest BCUT2D eigenvalue weighted by Crippen LogP contribution is 2.28. The predicted molar refractivity (Wildman–Crippen MR) is 97.8 cm³/mol. The summed E-state index contributed by atoms with van der Waals surface area (Å²) in [7, 11) is 0. The Balaban J connectivity index is 0.000000564. The fourth-order valence-electron chi connectivity index (χ4n) is 1.83. The minimum atomic E-state index is -2.27. The van der Waals surface area contributed by atoms with Crippen molar-refractivity contribution in [2.75, 3.05) is 59.6 Å². The fourth-order valence-corrected chi connectivity index (χ4v) is 1.83. The molecule has 30 heavy (non-hydrogen) atoms. The summed E-state index contributed by atoms with van der Waals surface area (Å²) in [4.78, 5) is 0. The molecule has 0 radical (unpaired) electrons. The van der Waals surface area contributed by atoms with Gasteiger partial charge in [0.05, 0.1) is 39.6 Å². The molecule has 0 fully saturated rings. The molecule has 0 heterocycles. The van der Waals surface area contributed by atoms with Crippen LogP contribution in [-0.4, -0.2) is 64.8 Å². The minimum Gasteiger partial charge on any atom is -0.461 e. The third-order valence-corrected chi connectivity index (χ3v) is 3.19. The summed E-state index contributed by atoms with van der Waals surface area (Å²) in [5.74, 6) is -12.2. The van der Waals surface area contributed by atoms with Crippen molar-refractivity contribution < 1.29 is 50.7 Å². The van der Waals surface area contributed by atoms with Crippen molar-refractivity contribution >= 4 is 0 Å². The minimum absolute atomic E-state index is 0.628. The van der Waals surface area contributed by atoms with Crippen LogP contribution < -0.4 is 4.74 Å². The Morgan fingerprint density at radius 1 is 0.533 bits per heavy atom. The van der Waals surface area contributed by atoms with E-state index in [0.29, 0.717) is 39.6 Å². The van der Waals surface area contributed by atoms with Gasteiger partial charge in [-0.2, -0.15) is 8.78 Å². The first-order valence-electron chi connectivity index (χ1n) is 9.48. The van der Waals surface area contributed by atoms with Gasteiger partial charge in [0.1, 0.15) is 0 Å². The van der Waals surface area contributed by atoms with Crippen molar-refractivity contribution in [2.45, 2.75) is 26.7 Å². The lowest BCUT2D eigenvalue weighted by Gasteiger charge is -2.07. The van der Waals surface area contributed by atoms with Crippen molar-refractivity contribution in [2.24, 2.45) is 0 Å². The summed E-state index contributed by atoms with van der Waals surface area (Å²) in [6.45, 7) is 8.52. The number of halogens is 5. The lowest BCUT2D eigenvalue weighted by molar-refractivity contribution is -0.00163. The molecule has 0 saturated heterocycles. The zero-order chi connectivity index (χ0) is 22.8. The van der Waals surface area contributed by atoms with Crippen LogP contribution in [0.15, 0.2) is 0 Å². The van der Waals surface area contributed by atoms with Crippen LogP contribution in [0.4, 0.5) is 22.0 Å². The Morgan fingerprint density at radius 3 is 1.13 bits per heavy atom. The van der Waals surface area contributed by atoms with Crippen molar-refractivity contribution in [1.29, 1.82) is 0 Å². The molecule has 1 N–H and O–H groups in total. The second-order valence-electron chi connectivity index (χ2n) is 5.62. The normalized spacial score (nSPS) is 10.7. The molecule has 1 rings (SSSR count). The second-order valence-corrected chi connectivity index (χ2v) is 5.62. The highest BCUT2D eigenvalue weighted by atomic mass is 19.2. The molecule has 0 amide bonds. The average Bonchev–Trinajstić information content (AvgIpc) is 2.75. The summed E-state index contributed by atoms with van der Waals surface area (Å²) in [6.07, 6.45) is 2.11. The van der Waals surface area contributed by atoms with E-state index >= 15 is 0 Å². The number of benzene rings is 1. The van der Waals surface area contributed by atoms with E-state index in [0.717, 1.165) is 26.1 Å². The molecule has 0 bridgehead atoms. The molecule has 0 aromatic heterocycles. The first-order valence-corrected chi connectivity index (χ1v) is 9.48. The van der Waals surface area contributed by atoms with E-state index < -0.39 is 41.6 Å². The summed E-state index contributed by atoms with van der Waals surface area (Å²) in [5, 5.41) is 8.13. The Labute approximate surface area is 172 Å². The maximum absolute atomic E-state index is 12.6. The number of rotatable bonds is 15. The molecule has 0 aliphatic heterocycles. The third-order valence-electron chi connectivity index (χ3n) is 3.19. The van der Waals surface area contributed by atoms with E-state index in [-0.39, 0.29) is 0 Å². The average molecular weight is 448 g/mol. The molecule has 0 atom stereocenters. The van der Waals surface area contributed by atoms with E-state index in [2.05, 4.69) is 18.6 Å². The van der Waals surface area contributed by atoms with E-state index in [1.54, 1.807) is 0 Å². The number of ether oxygens (including phenoxy) is 5. The highest BCUT2D eigenvalue weighted by molar-refractivity contribution is 5.29. The van der Waals surface area contributed by atoms with Crippen molar-refractivity contribution in [3.05, 3.63) is 29.1 Å². The van der Waals surface area contributed by atoms with Crippen LogP contribution in [0.1, 0.15) is 26.7 Å². The zero-order valence-corrected chi connectivity index (χ0v) is 17.2. The van der Waals surface area contributed by atoms with Gasteiger partial charge in [-0.3, -0.25) is 0 Å². The van der Waals surface area contributed by atoms with Crippen LogP contribution in [0.5, 0.6) is 5.75 Å². The molecular weight excluding hydrogens is 419 g/mol. The van der Waals surface area contributed by atoms with Gasteiger partial charge in [0.15, 0.2) is 12.5 Å². The molecule has 176 valence electrons. The number of aliphatic hydroxyl groups is 1. The van der Waals surface area contributed by atoms with Gasteiger partial charge in [0.25, 0.3) is 0 Å². The van der Waals surface area contributed by atoms with Crippen LogP contribution in [0.25, 0.3) is 0 Å². The van der Waals surface area contributed by atoms with Crippen molar-refractivity contribution in [1.82, 2.24) is 0 Å². The van der Waals surface area contributed by atoms with E-state index in [1.807, 2.05) is 0 Å². The SMILES string of the molecule is CCCOCCOCCOCCOCCC.OCOc1c(F)c(F)c(F)c(F)c1F. The van der Waals surface area contributed by atoms with Gasteiger partial charge in [-0.05, 0) is 12.8 Å². The molecule has 11 heteroatoms. The summed E-state index contributed by atoms with van der Waals surface area (Å²) in [5.41, 5.74) is 0. The van der Waals surface area contributed by atoms with E-state index in [9.17, 15) is 22.0 Å². The first kappa shape index (κ1) is 28.5. The van der Waals surface area contributed by atoms with Gasteiger partial charge in [-0.25, -0.2) is 13.2 Å². The Hall–Kier alpha value is -1.53. The second kappa shape index (κ2) is 18.3.